The maximum absolute atomic E-state index is 13.2. The van der Waals surface area contributed by atoms with Crippen molar-refractivity contribution in [2.45, 2.75) is 38.0 Å². The van der Waals surface area contributed by atoms with Crippen molar-refractivity contribution in [2.24, 2.45) is 12.8 Å². The van der Waals surface area contributed by atoms with Crippen LogP contribution in [0.2, 0.25) is 0 Å². The number of piperidine rings is 1. The zero-order valence-electron chi connectivity index (χ0n) is 17.1. The fourth-order valence-corrected chi connectivity index (χ4v) is 4.15. The second kappa shape index (κ2) is 11.1. The highest BCUT2D eigenvalue weighted by atomic mass is 35.5. The number of likely N-dealkylation sites (tertiary alicyclic amines) is 1. The van der Waals surface area contributed by atoms with E-state index in [2.05, 4.69) is 15.0 Å². The maximum atomic E-state index is 13.2. The number of nitrogens with zero attached hydrogens (tertiary/aromatic N) is 5. The predicted octanol–water partition coefficient (Wildman–Crippen LogP) is 1.78. The molecule has 4 heterocycles. The Labute approximate surface area is 188 Å². The van der Waals surface area contributed by atoms with E-state index in [4.69, 9.17) is 14.9 Å². The molecule has 2 fully saturated rings. The van der Waals surface area contributed by atoms with E-state index in [1.807, 2.05) is 24.3 Å². The third-order valence-electron chi connectivity index (χ3n) is 5.51. The first-order valence-corrected chi connectivity index (χ1v) is 9.93. The van der Waals surface area contributed by atoms with Crippen molar-refractivity contribution >= 4 is 30.7 Å². The van der Waals surface area contributed by atoms with Crippen molar-refractivity contribution in [3.05, 3.63) is 35.8 Å². The van der Waals surface area contributed by atoms with Gasteiger partial charge in [-0.2, -0.15) is 5.10 Å². The molecular formula is C19H30Cl2N6O3. The molecule has 1 amide bonds. The highest BCUT2D eigenvalue weighted by Crippen LogP contribution is 2.31. The number of aryl methyl sites for hydroxylation is 1. The molecule has 11 heteroatoms. The minimum absolute atomic E-state index is 0. The lowest BCUT2D eigenvalue weighted by Gasteiger charge is -2.42. The Kier molecular flexibility index (Phi) is 9.11. The largest absolute Gasteiger partial charge is 0.447 e. The lowest BCUT2D eigenvalue weighted by atomic mass is 9.99. The van der Waals surface area contributed by atoms with E-state index >= 15 is 0 Å². The summed E-state index contributed by atoms with van der Waals surface area (Å²) in [7, 11) is 1.88. The molecule has 0 bridgehead atoms. The topological polar surface area (TPSA) is 103 Å². The number of amides is 1. The van der Waals surface area contributed by atoms with Crippen LogP contribution in [0.3, 0.4) is 0 Å². The molecule has 2 aliphatic heterocycles. The highest BCUT2D eigenvalue weighted by molar-refractivity contribution is 5.92. The standard InChI is InChI=1S/C19H28N6O3.2ClH/c1-23-11-14(10-21-23)18-16(12-24-5-3-2-4-6-24)27-8-7-25(18)19(26)15-13-28-17(9-20)22-15;;/h10-11,13,16,18H,2-9,12,20H2,1H3;2*1H/t16-,18-;;/m0../s1. The number of oxazole rings is 1. The van der Waals surface area contributed by atoms with Crippen LogP contribution in [0.25, 0.3) is 0 Å². The molecular weight excluding hydrogens is 431 g/mol. The van der Waals surface area contributed by atoms with Gasteiger partial charge >= 0.3 is 0 Å². The quantitative estimate of drug-likeness (QED) is 0.724. The van der Waals surface area contributed by atoms with E-state index in [-0.39, 0.29) is 55.1 Å². The van der Waals surface area contributed by atoms with Gasteiger partial charge in [0.05, 0.1) is 31.5 Å². The molecule has 2 atom stereocenters. The van der Waals surface area contributed by atoms with Gasteiger partial charge in [-0.25, -0.2) is 4.98 Å². The number of ether oxygens (including phenoxy) is 1. The molecule has 0 saturated carbocycles. The fraction of sp³-hybridized carbons (Fsp3) is 0.632. The monoisotopic (exact) mass is 460 g/mol. The first-order chi connectivity index (χ1) is 13.7. The Morgan fingerprint density at radius 3 is 2.63 bits per heavy atom. The van der Waals surface area contributed by atoms with E-state index < -0.39 is 0 Å². The zero-order chi connectivity index (χ0) is 19.5. The van der Waals surface area contributed by atoms with Crippen LogP contribution in [0.4, 0.5) is 0 Å². The fourth-order valence-electron chi connectivity index (χ4n) is 4.15. The number of carbonyl (C=O) groups is 1. The Bertz CT molecular complexity index is 808. The SMILES string of the molecule is Cl.Cl.Cn1cc([C@H]2[C@H](CN3CCCCC3)OCCN2C(=O)c2coc(CN)n2)cn1. The van der Waals surface area contributed by atoms with Crippen LogP contribution in [-0.4, -0.2) is 69.4 Å². The van der Waals surface area contributed by atoms with E-state index in [9.17, 15) is 4.79 Å². The van der Waals surface area contributed by atoms with Crippen LogP contribution in [0.5, 0.6) is 0 Å². The number of morpholine rings is 1. The molecule has 4 rings (SSSR count). The van der Waals surface area contributed by atoms with Gasteiger partial charge in [-0.15, -0.1) is 24.8 Å². The number of hydrogen-bond acceptors (Lipinski definition) is 7. The molecule has 9 nitrogen and oxygen atoms in total. The summed E-state index contributed by atoms with van der Waals surface area (Å²) < 4.78 is 13.2. The van der Waals surface area contributed by atoms with Crippen molar-refractivity contribution in [3.8, 4) is 0 Å². The molecule has 0 spiro atoms. The Balaban J connectivity index is 0.00000160. The van der Waals surface area contributed by atoms with Gasteiger partial charge in [0, 0.05) is 31.9 Å². The first kappa shape index (κ1) is 24.6. The Morgan fingerprint density at radius 1 is 1.23 bits per heavy atom. The second-order valence-electron chi connectivity index (χ2n) is 7.49. The summed E-state index contributed by atoms with van der Waals surface area (Å²) in [6, 6.07) is -0.213. The van der Waals surface area contributed by atoms with Crippen LogP contribution < -0.4 is 5.73 Å². The number of halogens is 2. The van der Waals surface area contributed by atoms with E-state index in [0.29, 0.717) is 19.0 Å². The third kappa shape index (κ3) is 5.33. The van der Waals surface area contributed by atoms with Crippen molar-refractivity contribution in [2.75, 3.05) is 32.8 Å². The summed E-state index contributed by atoms with van der Waals surface area (Å²) >= 11 is 0. The predicted molar refractivity (Wildman–Crippen MR) is 116 cm³/mol. The van der Waals surface area contributed by atoms with Crippen LogP contribution in [0, 0.1) is 0 Å². The van der Waals surface area contributed by atoms with Crippen LogP contribution >= 0.6 is 24.8 Å². The van der Waals surface area contributed by atoms with Crippen molar-refractivity contribution in [1.82, 2.24) is 24.6 Å². The number of aromatic nitrogens is 3. The van der Waals surface area contributed by atoms with E-state index in [0.717, 1.165) is 25.2 Å². The summed E-state index contributed by atoms with van der Waals surface area (Å²) in [5.74, 6) is 0.198. The molecule has 0 radical (unpaired) electrons. The first-order valence-electron chi connectivity index (χ1n) is 9.93. The van der Waals surface area contributed by atoms with Crippen LogP contribution in [0.1, 0.15) is 47.2 Å². The number of nitrogens with two attached hydrogens (primary N) is 1. The maximum Gasteiger partial charge on any atom is 0.276 e. The molecule has 0 aliphatic carbocycles. The summed E-state index contributed by atoms with van der Waals surface area (Å²) in [6.45, 7) is 4.13. The highest BCUT2D eigenvalue weighted by Gasteiger charge is 2.39. The van der Waals surface area contributed by atoms with E-state index in [1.165, 1.54) is 25.5 Å². The van der Waals surface area contributed by atoms with Gasteiger partial charge in [-0.05, 0) is 25.9 Å². The van der Waals surface area contributed by atoms with Gasteiger partial charge in [-0.3, -0.25) is 9.48 Å². The van der Waals surface area contributed by atoms with Crippen molar-refractivity contribution in [3.63, 3.8) is 0 Å². The normalized spacial score (nSPS) is 22.3. The molecule has 2 aromatic heterocycles. The molecule has 0 unspecified atom stereocenters. The molecule has 2 aromatic rings. The average molecular weight is 461 g/mol. The van der Waals surface area contributed by atoms with Crippen LogP contribution in [0.15, 0.2) is 23.1 Å². The van der Waals surface area contributed by atoms with Gasteiger partial charge in [0.2, 0.25) is 5.89 Å². The van der Waals surface area contributed by atoms with Gasteiger partial charge in [0.25, 0.3) is 5.91 Å². The zero-order valence-corrected chi connectivity index (χ0v) is 18.7. The number of rotatable bonds is 5. The number of hydrogen-bond donors (Lipinski definition) is 1. The molecule has 168 valence electrons. The van der Waals surface area contributed by atoms with E-state index in [1.54, 1.807) is 4.68 Å². The smallest absolute Gasteiger partial charge is 0.276 e. The molecule has 30 heavy (non-hydrogen) atoms. The lowest BCUT2D eigenvalue weighted by molar-refractivity contribution is -0.0743. The Hall–Kier alpha value is -1.65. The van der Waals surface area contributed by atoms with Gasteiger partial charge < -0.3 is 24.7 Å². The van der Waals surface area contributed by atoms with Gasteiger partial charge in [-0.1, -0.05) is 6.42 Å². The summed E-state index contributed by atoms with van der Waals surface area (Å²) in [4.78, 5) is 21.7. The molecule has 2 N–H and O–H groups in total. The molecule has 2 aliphatic rings. The minimum atomic E-state index is -0.213. The van der Waals surface area contributed by atoms with Gasteiger partial charge in [0.15, 0.2) is 5.69 Å². The van der Waals surface area contributed by atoms with Crippen LogP contribution in [-0.2, 0) is 18.3 Å². The van der Waals surface area contributed by atoms with Crippen molar-refractivity contribution in [1.29, 1.82) is 0 Å². The minimum Gasteiger partial charge on any atom is -0.447 e. The summed E-state index contributed by atoms with van der Waals surface area (Å²) in [5.41, 5.74) is 6.83. The lowest BCUT2D eigenvalue weighted by Crippen LogP contribution is -2.52. The third-order valence-corrected chi connectivity index (χ3v) is 5.51. The second-order valence-corrected chi connectivity index (χ2v) is 7.49. The summed E-state index contributed by atoms with van der Waals surface area (Å²) in [5, 5.41) is 4.32. The number of carbonyl (C=O) groups excluding carboxylic acids is 1. The molecule has 2 saturated heterocycles. The summed E-state index contributed by atoms with van der Waals surface area (Å²) in [6.07, 6.45) is 8.77. The van der Waals surface area contributed by atoms with Crippen molar-refractivity contribution < 1.29 is 13.9 Å². The Morgan fingerprint density at radius 2 is 2.00 bits per heavy atom. The van der Waals surface area contributed by atoms with Gasteiger partial charge in [0.1, 0.15) is 6.26 Å². The average Bonchev–Trinajstić information content (AvgIpc) is 3.37. The molecule has 0 aromatic carbocycles.